The summed E-state index contributed by atoms with van der Waals surface area (Å²) >= 11 is -0.120. The molecule has 0 bridgehead atoms. The molecule has 3 aromatic rings. The van der Waals surface area contributed by atoms with Gasteiger partial charge >= 0.3 is 0 Å². The van der Waals surface area contributed by atoms with E-state index in [1.165, 1.54) is 16.0 Å². The zero-order chi connectivity index (χ0) is 17.6. The van der Waals surface area contributed by atoms with Crippen molar-refractivity contribution in [3.8, 4) is 0 Å². The Hall–Kier alpha value is -2.02. The Morgan fingerprint density at radius 1 is 0.960 bits per heavy atom. The van der Waals surface area contributed by atoms with Crippen molar-refractivity contribution in [1.29, 1.82) is 0 Å². The van der Waals surface area contributed by atoms with E-state index in [9.17, 15) is 4.21 Å². The smallest absolute Gasteiger partial charge is 0.157 e. The molecular formula is C19H20N2O2S2. The molecule has 0 aliphatic rings. The molecule has 1 atom stereocenters. The van der Waals surface area contributed by atoms with E-state index >= 15 is 0 Å². The summed E-state index contributed by atoms with van der Waals surface area (Å²) in [5.41, 5.74) is 12.9. The lowest BCUT2D eigenvalue weighted by molar-refractivity contribution is 0.563. The highest BCUT2D eigenvalue weighted by atomic mass is 32.2. The zero-order valence-electron chi connectivity index (χ0n) is 13.7. The number of benzene rings is 2. The third-order valence-corrected chi connectivity index (χ3v) is 5.49. The van der Waals surface area contributed by atoms with Gasteiger partial charge in [0.05, 0.1) is 17.0 Å². The predicted molar refractivity (Wildman–Crippen MR) is 104 cm³/mol. The molecule has 3 rings (SSSR count). The molecule has 0 radical (unpaired) electrons. The van der Waals surface area contributed by atoms with Crippen molar-refractivity contribution in [3.63, 3.8) is 0 Å². The van der Waals surface area contributed by atoms with Crippen LogP contribution in [0.4, 0.5) is 5.69 Å². The van der Waals surface area contributed by atoms with Crippen LogP contribution in [0.15, 0.2) is 54.0 Å². The Morgan fingerprint density at radius 2 is 1.60 bits per heavy atom. The Balaban J connectivity index is 1.63. The largest absolute Gasteiger partial charge is 0.399 e. The van der Waals surface area contributed by atoms with Crippen LogP contribution in [0.3, 0.4) is 0 Å². The van der Waals surface area contributed by atoms with Crippen LogP contribution in [0.25, 0.3) is 0 Å². The van der Waals surface area contributed by atoms with Crippen LogP contribution in [0, 0.1) is 0 Å². The van der Waals surface area contributed by atoms with Crippen molar-refractivity contribution >= 4 is 28.1 Å². The Morgan fingerprint density at radius 3 is 2.28 bits per heavy atom. The molecule has 4 nitrogen and oxygen atoms in total. The highest BCUT2D eigenvalue weighted by Gasteiger charge is 2.08. The highest BCUT2D eigenvalue weighted by molar-refractivity contribution is 7.78. The maximum absolute atomic E-state index is 10.9. The monoisotopic (exact) mass is 372 g/mol. The van der Waals surface area contributed by atoms with Crippen molar-refractivity contribution in [2.75, 3.05) is 5.73 Å². The average Bonchev–Trinajstić information content (AvgIpc) is 3.03. The number of aryl methyl sites for hydroxylation is 2. The van der Waals surface area contributed by atoms with Crippen LogP contribution in [-0.4, -0.2) is 13.7 Å². The van der Waals surface area contributed by atoms with Gasteiger partial charge in [0, 0.05) is 17.0 Å². The minimum absolute atomic E-state index is 0.174. The molecule has 130 valence electrons. The van der Waals surface area contributed by atoms with E-state index in [2.05, 4.69) is 17.1 Å². The van der Waals surface area contributed by atoms with Gasteiger partial charge in [0.25, 0.3) is 0 Å². The zero-order valence-corrected chi connectivity index (χ0v) is 15.4. The second-order valence-corrected chi connectivity index (χ2v) is 7.79. The predicted octanol–water partition coefficient (Wildman–Crippen LogP) is 3.82. The fraction of sp³-hybridized carbons (Fsp3) is 0.211. The van der Waals surface area contributed by atoms with E-state index in [0.29, 0.717) is 0 Å². The fourth-order valence-corrected chi connectivity index (χ4v) is 4.00. The lowest BCUT2D eigenvalue weighted by Crippen LogP contribution is -1.97. The number of thiazole rings is 1. The van der Waals surface area contributed by atoms with Gasteiger partial charge in [-0.2, -0.15) is 0 Å². The summed E-state index contributed by atoms with van der Waals surface area (Å²) in [6.45, 7) is 0. The molecule has 0 aliphatic carbocycles. The molecular weight excluding hydrogens is 352 g/mol. The van der Waals surface area contributed by atoms with E-state index in [0.717, 1.165) is 36.2 Å². The first-order valence-corrected chi connectivity index (χ1v) is 10.2. The molecule has 0 saturated heterocycles. The molecule has 25 heavy (non-hydrogen) atoms. The first-order chi connectivity index (χ1) is 12.1. The average molecular weight is 373 g/mol. The number of nitrogen functional groups attached to an aromatic ring is 1. The molecule has 1 heterocycles. The number of anilines is 1. The topological polar surface area (TPSA) is 76.2 Å². The van der Waals surface area contributed by atoms with Crippen molar-refractivity contribution in [2.24, 2.45) is 0 Å². The van der Waals surface area contributed by atoms with E-state index in [1.807, 2.05) is 41.9 Å². The van der Waals surface area contributed by atoms with Gasteiger partial charge in [-0.1, -0.05) is 36.4 Å². The van der Waals surface area contributed by atoms with E-state index in [1.54, 1.807) is 11.3 Å². The van der Waals surface area contributed by atoms with Crippen LogP contribution < -0.4 is 5.73 Å². The van der Waals surface area contributed by atoms with Gasteiger partial charge in [-0.3, -0.25) is 0 Å². The lowest BCUT2D eigenvalue weighted by atomic mass is 10.0. The van der Waals surface area contributed by atoms with Crippen LogP contribution in [0.2, 0.25) is 0 Å². The summed E-state index contributed by atoms with van der Waals surface area (Å²) in [7, 11) is 0. The Bertz CT molecular complexity index is 843. The molecule has 0 amide bonds. The standard InChI is InChI=1S/C19H20N2O2S2/c20-17-8-5-14(6-9-17)7-10-18-19(24-13-21-18)11-15-1-3-16(4-2-15)12-25(22)23/h1-6,8-9,13H,7,10-12,20H2,(H,22,23). The van der Waals surface area contributed by atoms with Crippen molar-refractivity contribution in [1.82, 2.24) is 4.98 Å². The molecule has 3 N–H and O–H groups in total. The lowest BCUT2D eigenvalue weighted by Gasteiger charge is -2.05. The fourth-order valence-electron chi connectivity index (χ4n) is 2.67. The quantitative estimate of drug-likeness (QED) is 0.488. The van der Waals surface area contributed by atoms with Gasteiger partial charge in [0.15, 0.2) is 11.1 Å². The Labute approximate surface area is 154 Å². The first-order valence-electron chi connectivity index (χ1n) is 8.01. The number of hydrogen-bond donors (Lipinski definition) is 2. The van der Waals surface area contributed by atoms with Crippen molar-refractivity contribution in [2.45, 2.75) is 25.0 Å². The number of aromatic nitrogens is 1. The summed E-state index contributed by atoms with van der Waals surface area (Å²) < 4.78 is 19.8. The number of nitrogens with two attached hydrogens (primary N) is 1. The summed E-state index contributed by atoms with van der Waals surface area (Å²) in [4.78, 5) is 5.79. The number of nitrogens with zero attached hydrogens (tertiary/aromatic N) is 1. The van der Waals surface area contributed by atoms with Crippen LogP contribution in [0.1, 0.15) is 27.3 Å². The van der Waals surface area contributed by atoms with Gasteiger partial charge in [-0.15, -0.1) is 11.3 Å². The van der Waals surface area contributed by atoms with Crippen LogP contribution >= 0.6 is 11.3 Å². The van der Waals surface area contributed by atoms with Gasteiger partial charge in [-0.25, -0.2) is 9.19 Å². The van der Waals surface area contributed by atoms with E-state index in [-0.39, 0.29) is 5.75 Å². The molecule has 0 fully saturated rings. The summed E-state index contributed by atoms with van der Waals surface area (Å²) in [5, 5.41) is 0. The SMILES string of the molecule is Nc1ccc(CCc2ncsc2Cc2ccc(CS(=O)O)cc2)cc1. The van der Waals surface area contributed by atoms with Gasteiger partial charge in [-0.05, 0) is 41.7 Å². The Kier molecular flexibility index (Phi) is 5.96. The first kappa shape index (κ1) is 17.8. The molecule has 6 heteroatoms. The molecule has 2 aromatic carbocycles. The van der Waals surface area contributed by atoms with Crippen LogP contribution in [0.5, 0.6) is 0 Å². The molecule has 1 aromatic heterocycles. The van der Waals surface area contributed by atoms with Crippen molar-refractivity contribution < 1.29 is 8.76 Å². The highest BCUT2D eigenvalue weighted by Crippen LogP contribution is 2.21. The normalized spacial score (nSPS) is 12.2. The number of hydrogen-bond acceptors (Lipinski definition) is 4. The van der Waals surface area contributed by atoms with Gasteiger partial charge in [0.2, 0.25) is 0 Å². The minimum atomic E-state index is -1.80. The van der Waals surface area contributed by atoms with E-state index in [4.69, 9.17) is 10.3 Å². The van der Waals surface area contributed by atoms with Gasteiger partial charge < -0.3 is 10.3 Å². The molecule has 0 spiro atoms. The molecule has 0 aliphatic heterocycles. The van der Waals surface area contributed by atoms with E-state index < -0.39 is 11.1 Å². The molecule has 0 saturated carbocycles. The van der Waals surface area contributed by atoms with Gasteiger partial charge in [0.1, 0.15) is 0 Å². The summed E-state index contributed by atoms with van der Waals surface area (Å²) in [5.74, 6) is 0.174. The number of rotatable bonds is 7. The van der Waals surface area contributed by atoms with Crippen LogP contribution in [-0.2, 0) is 36.1 Å². The summed E-state index contributed by atoms with van der Waals surface area (Å²) in [6.07, 6.45) is 2.69. The third-order valence-electron chi connectivity index (χ3n) is 4.03. The third kappa shape index (κ3) is 5.22. The maximum atomic E-state index is 10.9. The second-order valence-electron chi connectivity index (χ2n) is 5.92. The second kappa shape index (κ2) is 8.38. The summed E-state index contributed by atoms with van der Waals surface area (Å²) in [6, 6.07) is 15.8. The minimum Gasteiger partial charge on any atom is -0.399 e. The van der Waals surface area contributed by atoms with Crippen molar-refractivity contribution in [3.05, 3.63) is 81.3 Å². The maximum Gasteiger partial charge on any atom is 0.157 e. The molecule has 1 unspecified atom stereocenters.